The Labute approximate surface area is 230 Å². The molecular weight excluding hydrogens is 528 g/mol. The predicted octanol–water partition coefficient (Wildman–Crippen LogP) is 2.17. The van der Waals surface area contributed by atoms with Crippen LogP contribution in [0.15, 0.2) is 10.8 Å². The number of amides is 4. The summed E-state index contributed by atoms with van der Waals surface area (Å²) in [5, 5.41) is 25.8. The highest BCUT2D eigenvalue weighted by atomic mass is 32.1. The van der Waals surface area contributed by atoms with E-state index in [1.807, 2.05) is 27.7 Å². The highest BCUT2D eigenvalue weighted by molar-refractivity contribution is 7.10. The summed E-state index contributed by atoms with van der Waals surface area (Å²) in [6, 6.07) is -3.28. The summed E-state index contributed by atoms with van der Waals surface area (Å²) in [5.41, 5.74) is 0.316. The molecule has 0 unspecified atom stereocenters. The number of thiazole rings is 2. The Morgan fingerprint density at radius 1 is 0.632 bits per heavy atom. The normalized spacial score (nSPS) is 24.4. The van der Waals surface area contributed by atoms with Gasteiger partial charge in [-0.05, 0) is 24.7 Å². The molecule has 2 aromatic rings. The number of aromatic nitrogens is 2. The Hall–Kier alpha value is -2.90. The summed E-state index contributed by atoms with van der Waals surface area (Å²) < 4.78 is 0. The molecule has 0 radical (unpaired) electrons. The molecule has 38 heavy (non-hydrogen) atoms. The fraction of sp³-hybridized carbons (Fsp3) is 0.600. The number of aliphatic hydroxyl groups is 1. The number of nitrogens with zero attached hydrogens (tertiary/aromatic N) is 2. The van der Waals surface area contributed by atoms with Crippen molar-refractivity contribution in [1.29, 1.82) is 0 Å². The van der Waals surface area contributed by atoms with Gasteiger partial charge in [0.25, 0.3) is 11.8 Å². The summed E-state index contributed by atoms with van der Waals surface area (Å²) in [6.07, 6.45) is -1.22. The van der Waals surface area contributed by atoms with E-state index in [1.165, 1.54) is 29.6 Å². The zero-order valence-electron chi connectivity index (χ0n) is 22.6. The predicted molar refractivity (Wildman–Crippen MR) is 145 cm³/mol. The fourth-order valence-electron chi connectivity index (χ4n) is 3.95. The highest BCUT2D eigenvalue weighted by Crippen LogP contribution is 2.28. The molecule has 0 saturated carbocycles. The van der Waals surface area contributed by atoms with E-state index >= 15 is 0 Å². The first-order valence-electron chi connectivity index (χ1n) is 12.6. The van der Waals surface area contributed by atoms with Gasteiger partial charge in [-0.3, -0.25) is 19.2 Å². The van der Waals surface area contributed by atoms with Gasteiger partial charge >= 0.3 is 0 Å². The smallest absolute Gasteiger partial charge is 0.271 e. The molecule has 4 amide bonds. The van der Waals surface area contributed by atoms with Crippen LogP contribution in [-0.4, -0.2) is 56.9 Å². The van der Waals surface area contributed by atoms with Crippen molar-refractivity contribution in [2.45, 2.75) is 78.7 Å². The number of rotatable bonds is 4. The van der Waals surface area contributed by atoms with Gasteiger partial charge in [0.05, 0.1) is 18.2 Å². The van der Waals surface area contributed by atoms with Crippen LogP contribution in [0.2, 0.25) is 0 Å². The van der Waals surface area contributed by atoms with Crippen LogP contribution in [-0.2, 0) is 9.59 Å². The van der Waals surface area contributed by atoms with Crippen LogP contribution in [0.25, 0.3) is 0 Å². The van der Waals surface area contributed by atoms with E-state index in [0.717, 1.165) is 0 Å². The first kappa shape index (κ1) is 29.7. The topological polar surface area (TPSA) is 162 Å². The van der Waals surface area contributed by atoms with E-state index in [1.54, 1.807) is 24.6 Å². The molecule has 4 bridgehead atoms. The summed E-state index contributed by atoms with van der Waals surface area (Å²) in [5.74, 6) is -2.60. The third-order valence-electron chi connectivity index (χ3n) is 6.26. The zero-order valence-corrected chi connectivity index (χ0v) is 24.2. The summed E-state index contributed by atoms with van der Waals surface area (Å²) in [7, 11) is 0. The SMILES string of the molecule is CC(C)[C@@H]1NC(=O)c2csc(n2)[C@H](C(C)C)NC(=O)c2csc(n2)[C@H](C(C)C)NC(=O)[C@@H]([C@@H](C)O)NC1=O. The van der Waals surface area contributed by atoms with Crippen LogP contribution >= 0.6 is 22.7 Å². The summed E-state index contributed by atoms with van der Waals surface area (Å²) >= 11 is 2.48. The van der Waals surface area contributed by atoms with Crippen LogP contribution in [0.5, 0.6) is 0 Å². The molecule has 0 saturated heterocycles. The lowest BCUT2D eigenvalue weighted by Gasteiger charge is -2.28. The van der Waals surface area contributed by atoms with E-state index in [-0.39, 0.29) is 29.1 Å². The maximum Gasteiger partial charge on any atom is 0.271 e. The Morgan fingerprint density at radius 2 is 1.00 bits per heavy atom. The van der Waals surface area contributed by atoms with Gasteiger partial charge in [-0.15, -0.1) is 22.7 Å². The maximum atomic E-state index is 13.2. The number of hydrogen-bond acceptors (Lipinski definition) is 9. The van der Waals surface area contributed by atoms with Gasteiger partial charge in [0.15, 0.2) is 0 Å². The minimum atomic E-state index is -1.28. The molecular formula is C25H36N6O5S2. The van der Waals surface area contributed by atoms with E-state index < -0.39 is 53.9 Å². The lowest BCUT2D eigenvalue weighted by atomic mass is 10.0. The lowest BCUT2D eigenvalue weighted by molar-refractivity contribution is -0.133. The minimum Gasteiger partial charge on any atom is -0.391 e. The standard InChI is InChI=1S/C25H36N6O5S2/c1-10(2)16-22(35)31-19(13(7)32)23(36)30-18(12(5)6)25-27-15(9-38-25)21(34)29-17(11(3)4)24-26-14(8-37-24)20(33)28-16/h8-13,16-19,32H,1-7H3,(H,28,33)(H,29,34)(H,30,36)(H,31,35)/t13-,16+,17+,18+,19-/m1/s1. The number of nitrogens with one attached hydrogen (secondary N) is 4. The molecule has 1 aliphatic rings. The molecule has 11 nitrogen and oxygen atoms in total. The van der Waals surface area contributed by atoms with Crippen molar-refractivity contribution in [1.82, 2.24) is 31.2 Å². The third kappa shape index (κ3) is 6.75. The maximum absolute atomic E-state index is 13.2. The van der Waals surface area contributed by atoms with Crippen LogP contribution in [0.4, 0.5) is 0 Å². The van der Waals surface area contributed by atoms with Gasteiger partial charge in [0, 0.05) is 10.8 Å². The Morgan fingerprint density at radius 3 is 1.42 bits per heavy atom. The molecule has 0 fully saturated rings. The monoisotopic (exact) mass is 564 g/mol. The zero-order chi connectivity index (χ0) is 28.3. The van der Waals surface area contributed by atoms with Crippen molar-refractivity contribution < 1.29 is 24.3 Å². The average molecular weight is 565 g/mol. The highest BCUT2D eigenvalue weighted by Gasteiger charge is 2.34. The molecule has 1 aliphatic heterocycles. The molecule has 13 heteroatoms. The van der Waals surface area contributed by atoms with Gasteiger partial charge in [0.1, 0.15) is 33.5 Å². The van der Waals surface area contributed by atoms with Gasteiger partial charge in [0.2, 0.25) is 11.8 Å². The molecule has 5 N–H and O–H groups in total. The van der Waals surface area contributed by atoms with Crippen LogP contribution in [0, 0.1) is 17.8 Å². The Balaban J connectivity index is 2.07. The third-order valence-corrected chi connectivity index (χ3v) is 8.11. The molecule has 2 aromatic heterocycles. The number of fused-ring (bicyclic) bond motifs is 4. The second kappa shape index (κ2) is 12.3. The van der Waals surface area contributed by atoms with E-state index in [0.29, 0.717) is 10.0 Å². The van der Waals surface area contributed by atoms with E-state index in [9.17, 15) is 24.3 Å². The molecule has 5 atom stereocenters. The van der Waals surface area contributed by atoms with Gasteiger partial charge < -0.3 is 26.4 Å². The molecule has 0 spiro atoms. The van der Waals surface area contributed by atoms with Gasteiger partial charge in [-0.2, -0.15) is 0 Å². The van der Waals surface area contributed by atoms with Crippen LogP contribution in [0.3, 0.4) is 0 Å². The van der Waals surface area contributed by atoms with E-state index in [2.05, 4.69) is 31.2 Å². The summed E-state index contributed by atoms with van der Waals surface area (Å²) in [4.78, 5) is 61.6. The number of aliphatic hydroxyl groups excluding tert-OH is 1. The molecule has 3 heterocycles. The van der Waals surface area contributed by atoms with Crippen molar-refractivity contribution in [3.8, 4) is 0 Å². The minimum absolute atomic E-state index is 0.0287. The van der Waals surface area contributed by atoms with Crippen molar-refractivity contribution >= 4 is 46.3 Å². The molecule has 3 rings (SSSR count). The van der Waals surface area contributed by atoms with Crippen molar-refractivity contribution in [3.05, 3.63) is 32.2 Å². The quantitative estimate of drug-likeness (QED) is 0.380. The second-order valence-electron chi connectivity index (χ2n) is 10.5. The first-order chi connectivity index (χ1) is 17.8. The number of hydrogen-bond donors (Lipinski definition) is 5. The van der Waals surface area contributed by atoms with E-state index in [4.69, 9.17) is 0 Å². The van der Waals surface area contributed by atoms with Crippen molar-refractivity contribution in [2.24, 2.45) is 17.8 Å². The van der Waals surface area contributed by atoms with Crippen molar-refractivity contribution in [2.75, 3.05) is 0 Å². The Kier molecular flexibility index (Phi) is 9.60. The largest absolute Gasteiger partial charge is 0.391 e. The van der Waals surface area contributed by atoms with Crippen LogP contribution < -0.4 is 21.3 Å². The van der Waals surface area contributed by atoms with Gasteiger partial charge in [-0.25, -0.2) is 9.97 Å². The number of carbonyl (C=O) groups excluding carboxylic acids is 4. The Bertz CT molecular complexity index is 1170. The first-order valence-corrected chi connectivity index (χ1v) is 14.4. The molecule has 0 aromatic carbocycles. The van der Waals surface area contributed by atoms with Gasteiger partial charge in [-0.1, -0.05) is 41.5 Å². The average Bonchev–Trinajstić information content (AvgIpc) is 3.51. The second-order valence-corrected chi connectivity index (χ2v) is 12.3. The molecule has 208 valence electrons. The van der Waals surface area contributed by atoms with Crippen LogP contribution in [0.1, 0.15) is 91.5 Å². The fourth-order valence-corrected chi connectivity index (χ4v) is 5.99. The van der Waals surface area contributed by atoms with Crippen molar-refractivity contribution in [3.63, 3.8) is 0 Å². The number of carbonyl (C=O) groups is 4. The molecule has 0 aliphatic carbocycles. The lowest BCUT2D eigenvalue weighted by Crippen LogP contribution is -2.58. The summed E-state index contributed by atoms with van der Waals surface area (Å²) in [6.45, 7) is 12.6.